The van der Waals surface area contributed by atoms with Gasteiger partial charge in [-0.15, -0.1) is 5.10 Å². The summed E-state index contributed by atoms with van der Waals surface area (Å²) in [5, 5.41) is 19.3. The van der Waals surface area contributed by atoms with Crippen LogP contribution in [0.15, 0.2) is 67.0 Å². The van der Waals surface area contributed by atoms with Crippen LogP contribution in [0.4, 0.5) is 21.7 Å². The molecule has 1 aliphatic heterocycles. The lowest BCUT2D eigenvalue weighted by atomic mass is 9.84. The van der Waals surface area contributed by atoms with Gasteiger partial charge in [0.25, 0.3) is 11.8 Å². The summed E-state index contributed by atoms with van der Waals surface area (Å²) in [7, 11) is 0. The van der Waals surface area contributed by atoms with Gasteiger partial charge in [-0.3, -0.25) is 9.59 Å². The summed E-state index contributed by atoms with van der Waals surface area (Å²) in [6.07, 6.45) is 7.26. The normalized spacial score (nSPS) is 13.7. The number of aliphatic hydroxyl groups excluding tert-OH is 1. The lowest BCUT2D eigenvalue weighted by Crippen LogP contribution is -2.44. The second kappa shape index (κ2) is 11.6. The third kappa shape index (κ3) is 5.65. The van der Waals surface area contributed by atoms with E-state index in [1.165, 1.54) is 22.0 Å². The maximum absolute atomic E-state index is 15.6. The largest absolute Gasteiger partial charge is 0.392 e. The molecule has 0 radical (unpaired) electrons. The Kier molecular flexibility index (Phi) is 7.88. The molecular weight excluding hydrogens is 537 g/mol. The SMILES string of the molecule is CC(C)(C)c1cc(F)c2c(c1)C=CCCNN(c1cccc(-n3cc(C(N)=O)c(Nc4ccccn4)n3)c1CO)C2=O. The van der Waals surface area contributed by atoms with Crippen molar-refractivity contribution in [2.75, 3.05) is 16.9 Å². The summed E-state index contributed by atoms with van der Waals surface area (Å²) in [4.78, 5) is 30.5. The number of pyridine rings is 1. The number of nitrogens with one attached hydrogen (secondary N) is 2. The number of carbonyl (C=O) groups is 2. The molecular formula is C31H32FN7O3. The molecule has 3 heterocycles. The number of halogens is 1. The first-order valence-corrected chi connectivity index (χ1v) is 13.5. The number of carbonyl (C=O) groups excluding carboxylic acids is 2. The molecule has 2 amide bonds. The molecule has 42 heavy (non-hydrogen) atoms. The molecule has 0 unspecified atom stereocenters. The molecule has 0 saturated heterocycles. The highest BCUT2D eigenvalue weighted by atomic mass is 19.1. The molecule has 2 aromatic heterocycles. The average Bonchev–Trinajstić information content (AvgIpc) is 3.40. The molecule has 1 aliphatic rings. The second-order valence-electron chi connectivity index (χ2n) is 10.9. The van der Waals surface area contributed by atoms with Crippen molar-refractivity contribution in [1.82, 2.24) is 20.2 Å². The minimum atomic E-state index is -0.715. The minimum Gasteiger partial charge on any atom is -0.392 e. The van der Waals surface area contributed by atoms with E-state index in [1.807, 2.05) is 32.9 Å². The van der Waals surface area contributed by atoms with Gasteiger partial charge in [-0.2, -0.15) is 0 Å². The van der Waals surface area contributed by atoms with Gasteiger partial charge in [0.15, 0.2) is 5.82 Å². The van der Waals surface area contributed by atoms with Gasteiger partial charge in [0.2, 0.25) is 0 Å². The number of fused-ring (bicyclic) bond motifs is 1. The highest BCUT2D eigenvalue weighted by Gasteiger charge is 2.29. The Bertz CT molecular complexity index is 1680. The van der Waals surface area contributed by atoms with Crippen LogP contribution in [0.3, 0.4) is 0 Å². The van der Waals surface area contributed by atoms with Crippen molar-refractivity contribution >= 4 is 35.2 Å². The van der Waals surface area contributed by atoms with E-state index >= 15 is 4.39 Å². The Morgan fingerprint density at radius 3 is 2.64 bits per heavy atom. The number of benzene rings is 2. The molecule has 0 saturated carbocycles. The van der Waals surface area contributed by atoms with E-state index in [9.17, 15) is 14.7 Å². The van der Waals surface area contributed by atoms with Crippen LogP contribution < -0.4 is 21.5 Å². The quantitative estimate of drug-likeness (QED) is 0.266. The molecule has 2 aromatic carbocycles. The topological polar surface area (TPSA) is 138 Å². The van der Waals surface area contributed by atoms with E-state index in [0.717, 1.165) is 5.56 Å². The highest BCUT2D eigenvalue weighted by molar-refractivity contribution is 6.08. The summed E-state index contributed by atoms with van der Waals surface area (Å²) in [6, 6.07) is 13.5. The van der Waals surface area contributed by atoms with E-state index < -0.39 is 24.2 Å². The molecule has 4 aromatic rings. The third-order valence-electron chi connectivity index (χ3n) is 6.95. The van der Waals surface area contributed by atoms with Gasteiger partial charge in [-0.25, -0.2) is 24.5 Å². The smallest absolute Gasteiger partial charge is 0.276 e. The first-order valence-electron chi connectivity index (χ1n) is 13.5. The number of hydrazine groups is 1. The molecule has 216 valence electrons. The molecule has 5 rings (SSSR count). The fraction of sp³-hybridized carbons (Fsp3) is 0.226. The van der Waals surface area contributed by atoms with Crippen LogP contribution in [0.1, 0.15) is 64.6 Å². The predicted molar refractivity (Wildman–Crippen MR) is 159 cm³/mol. The van der Waals surface area contributed by atoms with Gasteiger partial charge in [0, 0.05) is 24.5 Å². The Balaban J connectivity index is 1.60. The standard InChI is InChI=1S/C31H32FN7O3/c1-31(2,3)20-15-19-9-4-7-14-35-39(30(42)27(19)23(32)16-20)25-11-8-10-24(22(25)18-40)38-17-21(28(33)41)29(37-38)36-26-12-5-6-13-34-26/h4-6,8-13,15-17,35,40H,7,14,18H2,1-3H3,(H2,33,41)(H,34,36,37). The molecule has 0 fully saturated rings. The van der Waals surface area contributed by atoms with Crippen molar-refractivity contribution in [2.45, 2.75) is 39.2 Å². The van der Waals surface area contributed by atoms with Crippen LogP contribution in [-0.4, -0.2) is 38.2 Å². The predicted octanol–water partition coefficient (Wildman–Crippen LogP) is 4.61. The second-order valence-corrected chi connectivity index (χ2v) is 10.9. The zero-order chi connectivity index (χ0) is 30.0. The van der Waals surface area contributed by atoms with Gasteiger partial charge in [0.05, 0.1) is 23.5 Å². The van der Waals surface area contributed by atoms with Crippen LogP contribution in [0, 0.1) is 5.82 Å². The number of hydrogen-bond acceptors (Lipinski definition) is 7. The maximum Gasteiger partial charge on any atom is 0.276 e. The van der Waals surface area contributed by atoms with Gasteiger partial charge in [-0.1, -0.05) is 51.1 Å². The van der Waals surface area contributed by atoms with Crippen LogP contribution in [0.5, 0.6) is 0 Å². The number of hydrogen-bond donors (Lipinski definition) is 4. The average molecular weight is 570 g/mol. The van der Waals surface area contributed by atoms with Crippen LogP contribution in [0.25, 0.3) is 11.8 Å². The number of nitrogens with zero attached hydrogens (tertiary/aromatic N) is 4. The zero-order valence-corrected chi connectivity index (χ0v) is 23.6. The molecule has 11 heteroatoms. The first kappa shape index (κ1) is 28.7. The summed E-state index contributed by atoms with van der Waals surface area (Å²) in [6.45, 7) is 5.85. The molecule has 5 N–H and O–H groups in total. The zero-order valence-electron chi connectivity index (χ0n) is 23.6. The van der Waals surface area contributed by atoms with E-state index in [1.54, 1.807) is 48.7 Å². The van der Waals surface area contributed by atoms with E-state index in [4.69, 9.17) is 5.73 Å². The number of rotatable bonds is 6. The van der Waals surface area contributed by atoms with Crippen molar-refractivity contribution < 1.29 is 19.1 Å². The highest BCUT2D eigenvalue weighted by Crippen LogP contribution is 2.32. The fourth-order valence-electron chi connectivity index (χ4n) is 4.74. The number of amides is 2. The van der Waals surface area contributed by atoms with Crippen molar-refractivity contribution in [2.24, 2.45) is 5.73 Å². The molecule has 0 bridgehead atoms. The van der Waals surface area contributed by atoms with E-state index in [0.29, 0.717) is 41.3 Å². The van der Waals surface area contributed by atoms with Gasteiger partial charge in [-0.05, 0) is 53.3 Å². The molecule has 10 nitrogen and oxygen atoms in total. The maximum atomic E-state index is 15.6. The number of aromatic nitrogens is 3. The minimum absolute atomic E-state index is 0.0834. The Hall–Kier alpha value is -4.87. The van der Waals surface area contributed by atoms with Gasteiger partial charge >= 0.3 is 0 Å². The first-order chi connectivity index (χ1) is 20.1. The van der Waals surface area contributed by atoms with Crippen molar-refractivity contribution in [3.63, 3.8) is 0 Å². The lowest BCUT2D eigenvalue weighted by Gasteiger charge is -2.27. The molecule has 0 atom stereocenters. The van der Waals surface area contributed by atoms with Gasteiger partial charge in [0.1, 0.15) is 17.2 Å². The Morgan fingerprint density at radius 2 is 1.95 bits per heavy atom. The van der Waals surface area contributed by atoms with Crippen LogP contribution >= 0.6 is 0 Å². The van der Waals surface area contributed by atoms with Crippen LogP contribution in [0.2, 0.25) is 0 Å². The van der Waals surface area contributed by atoms with Crippen molar-refractivity contribution in [1.29, 1.82) is 0 Å². The summed E-state index contributed by atoms with van der Waals surface area (Å²) in [5.41, 5.74) is 10.7. The summed E-state index contributed by atoms with van der Waals surface area (Å²) in [5.74, 6) is -1.34. The van der Waals surface area contributed by atoms with Crippen molar-refractivity contribution in [3.05, 3.63) is 101 Å². The fourth-order valence-corrected chi connectivity index (χ4v) is 4.74. The number of primary amides is 1. The lowest BCUT2D eigenvalue weighted by molar-refractivity contribution is 0.0968. The summed E-state index contributed by atoms with van der Waals surface area (Å²) < 4.78 is 17.0. The van der Waals surface area contributed by atoms with Gasteiger partial charge < -0.3 is 16.2 Å². The van der Waals surface area contributed by atoms with Crippen LogP contribution in [-0.2, 0) is 12.0 Å². The number of aliphatic hydroxyl groups is 1. The Morgan fingerprint density at radius 1 is 1.17 bits per heavy atom. The molecule has 0 aliphatic carbocycles. The van der Waals surface area contributed by atoms with E-state index in [-0.39, 0.29) is 22.4 Å². The summed E-state index contributed by atoms with van der Waals surface area (Å²) >= 11 is 0. The Labute approximate surface area is 242 Å². The van der Waals surface area contributed by atoms with E-state index in [2.05, 4.69) is 20.8 Å². The molecule has 0 spiro atoms. The third-order valence-corrected chi connectivity index (χ3v) is 6.95. The van der Waals surface area contributed by atoms with Crippen molar-refractivity contribution in [3.8, 4) is 5.69 Å². The number of nitrogens with two attached hydrogens (primary N) is 1. The number of anilines is 3. The monoisotopic (exact) mass is 569 g/mol.